The van der Waals surface area contributed by atoms with E-state index >= 15 is 0 Å². The van der Waals surface area contributed by atoms with E-state index in [4.69, 9.17) is 4.52 Å². The van der Waals surface area contributed by atoms with Crippen LogP contribution in [0.25, 0.3) is 11.0 Å². The van der Waals surface area contributed by atoms with Gasteiger partial charge in [-0.1, -0.05) is 51.0 Å². The number of aromatic nitrogens is 6. The van der Waals surface area contributed by atoms with Crippen molar-refractivity contribution >= 4 is 22.8 Å². The van der Waals surface area contributed by atoms with E-state index in [0.29, 0.717) is 45.9 Å². The van der Waals surface area contributed by atoms with Gasteiger partial charge in [0.25, 0.3) is 5.56 Å². The van der Waals surface area contributed by atoms with E-state index in [2.05, 4.69) is 27.0 Å². The van der Waals surface area contributed by atoms with Gasteiger partial charge in [0.05, 0.1) is 5.75 Å². The van der Waals surface area contributed by atoms with Crippen LogP contribution in [0.4, 0.5) is 0 Å². The van der Waals surface area contributed by atoms with Gasteiger partial charge < -0.3 is 4.52 Å². The van der Waals surface area contributed by atoms with Crippen LogP contribution >= 0.6 is 11.8 Å². The Balaban J connectivity index is 2.07. The minimum Gasteiger partial charge on any atom is -0.339 e. The third-order valence-corrected chi connectivity index (χ3v) is 5.69. The van der Waals surface area contributed by atoms with Crippen molar-refractivity contribution in [3.05, 3.63) is 38.4 Å². The fraction of sp³-hybridized carbons (Fsp3) is 0.600. The normalized spacial score (nSPS) is 11.7. The molecular weight excluding hydrogens is 404 g/mol. The summed E-state index contributed by atoms with van der Waals surface area (Å²) in [5, 5.41) is 4.93. The smallest absolute Gasteiger partial charge is 0.332 e. The molecule has 0 bridgehead atoms. The molecule has 0 radical (unpaired) electrons. The van der Waals surface area contributed by atoms with Crippen molar-refractivity contribution in [2.24, 2.45) is 7.05 Å². The number of hydrogen-bond acceptors (Lipinski definition) is 8. The first-order chi connectivity index (χ1) is 14.4. The fourth-order valence-electron chi connectivity index (χ4n) is 3.05. The Morgan fingerprint density at radius 1 is 1.10 bits per heavy atom. The van der Waals surface area contributed by atoms with Crippen LogP contribution in [0, 0.1) is 0 Å². The standard InChI is InChI=1S/C20H28N6O3S/c1-6-8-9-14-21-13(24-29-14)11-30-18-15-17(22-16(23-18)12(3)4)26(10-7-2)20(28)25(5)19(15)27/h12H,6-11H2,1-5H3. The Morgan fingerprint density at radius 3 is 2.53 bits per heavy atom. The molecule has 162 valence electrons. The summed E-state index contributed by atoms with van der Waals surface area (Å²) in [6.07, 6.45) is 3.56. The third kappa shape index (κ3) is 4.48. The molecule has 9 nitrogen and oxygen atoms in total. The molecule has 10 heteroatoms. The molecule has 0 aromatic carbocycles. The van der Waals surface area contributed by atoms with Gasteiger partial charge in [0.15, 0.2) is 11.5 Å². The number of nitrogens with zero attached hydrogens (tertiary/aromatic N) is 6. The summed E-state index contributed by atoms with van der Waals surface area (Å²) in [6, 6.07) is 0. The molecule has 3 rings (SSSR count). The van der Waals surface area contributed by atoms with Crippen LogP contribution in [-0.2, 0) is 25.8 Å². The van der Waals surface area contributed by atoms with E-state index in [0.717, 1.165) is 30.3 Å². The molecule has 30 heavy (non-hydrogen) atoms. The molecule has 0 fully saturated rings. The highest BCUT2D eigenvalue weighted by atomic mass is 32.2. The topological polar surface area (TPSA) is 109 Å². The number of unbranched alkanes of at least 4 members (excludes halogenated alkanes) is 1. The minimum absolute atomic E-state index is 0.0498. The van der Waals surface area contributed by atoms with E-state index in [-0.39, 0.29) is 11.6 Å². The van der Waals surface area contributed by atoms with E-state index in [1.807, 2.05) is 20.8 Å². The van der Waals surface area contributed by atoms with Gasteiger partial charge in [-0.2, -0.15) is 4.98 Å². The molecule has 0 spiro atoms. The largest absolute Gasteiger partial charge is 0.339 e. The molecule has 3 aromatic heterocycles. The van der Waals surface area contributed by atoms with Gasteiger partial charge in [0, 0.05) is 25.9 Å². The van der Waals surface area contributed by atoms with Crippen molar-refractivity contribution in [2.75, 3.05) is 0 Å². The zero-order valence-electron chi connectivity index (χ0n) is 18.1. The predicted octanol–water partition coefficient (Wildman–Crippen LogP) is 3.04. The van der Waals surface area contributed by atoms with Gasteiger partial charge in [-0.3, -0.25) is 13.9 Å². The quantitative estimate of drug-likeness (QED) is 0.375. The molecule has 0 aliphatic rings. The van der Waals surface area contributed by atoms with Crippen LogP contribution in [0.5, 0.6) is 0 Å². The third-order valence-electron chi connectivity index (χ3n) is 4.72. The fourth-order valence-corrected chi connectivity index (χ4v) is 3.92. The minimum atomic E-state index is -0.392. The second-order valence-electron chi connectivity index (χ2n) is 7.54. The number of thioether (sulfide) groups is 1. The molecule has 0 unspecified atom stereocenters. The number of rotatable bonds is 9. The van der Waals surface area contributed by atoms with E-state index in [1.165, 1.54) is 18.8 Å². The number of aryl methyl sites for hydroxylation is 2. The molecule has 3 heterocycles. The lowest BCUT2D eigenvalue weighted by Gasteiger charge is -2.14. The van der Waals surface area contributed by atoms with Crippen LogP contribution in [0.15, 0.2) is 19.1 Å². The van der Waals surface area contributed by atoms with Gasteiger partial charge in [-0.15, -0.1) is 0 Å². The number of hydrogen-bond donors (Lipinski definition) is 0. The molecule has 0 amide bonds. The average Bonchev–Trinajstić information content (AvgIpc) is 3.19. The monoisotopic (exact) mass is 432 g/mol. The van der Waals surface area contributed by atoms with Crippen LogP contribution in [0.3, 0.4) is 0 Å². The van der Waals surface area contributed by atoms with Gasteiger partial charge >= 0.3 is 5.69 Å². The van der Waals surface area contributed by atoms with Gasteiger partial charge in [0.2, 0.25) is 5.89 Å². The highest BCUT2D eigenvalue weighted by Crippen LogP contribution is 2.27. The van der Waals surface area contributed by atoms with Gasteiger partial charge in [-0.25, -0.2) is 14.8 Å². The van der Waals surface area contributed by atoms with E-state index < -0.39 is 5.56 Å². The highest BCUT2D eigenvalue weighted by molar-refractivity contribution is 7.98. The van der Waals surface area contributed by atoms with Crippen molar-refractivity contribution < 1.29 is 4.52 Å². The zero-order chi connectivity index (χ0) is 21.8. The Kier molecular flexibility index (Phi) is 7.06. The maximum atomic E-state index is 12.9. The SMILES string of the molecule is CCCCc1nc(CSc2nc(C(C)C)nc3c2c(=O)n(C)c(=O)n3CCC)no1. The summed E-state index contributed by atoms with van der Waals surface area (Å²) < 4.78 is 7.98. The second-order valence-corrected chi connectivity index (χ2v) is 8.50. The summed E-state index contributed by atoms with van der Waals surface area (Å²) in [5.74, 6) is 2.24. The molecular formula is C20H28N6O3S. The Bertz CT molecular complexity index is 1150. The van der Waals surface area contributed by atoms with Crippen molar-refractivity contribution in [1.82, 2.24) is 29.2 Å². The summed E-state index contributed by atoms with van der Waals surface area (Å²) in [6.45, 7) is 8.54. The summed E-state index contributed by atoms with van der Waals surface area (Å²) in [7, 11) is 1.49. The first-order valence-corrected chi connectivity index (χ1v) is 11.3. The van der Waals surface area contributed by atoms with Crippen molar-refractivity contribution in [1.29, 1.82) is 0 Å². The van der Waals surface area contributed by atoms with Crippen molar-refractivity contribution in [2.45, 2.75) is 76.6 Å². The maximum Gasteiger partial charge on any atom is 0.332 e. The zero-order valence-corrected chi connectivity index (χ0v) is 19.0. The Hall–Kier alpha value is -2.49. The molecule has 0 saturated heterocycles. The van der Waals surface area contributed by atoms with Crippen molar-refractivity contribution in [3.8, 4) is 0 Å². The van der Waals surface area contributed by atoms with Crippen LogP contribution < -0.4 is 11.2 Å². The molecule has 0 saturated carbocycles. The van der Waals surface area contributed by atoms with Gasteiger partial charge in [-0.05, 0) is 12.8 Å². The van der Waals surface area contributed by atoms with Crippen LogP contribution in [0.2, 0.25) is 0 Å². The molecule has 0 aliphatic heterocycles. The average molecular weight is 433 g/mol. The summed E-state index contributed by atoms with van der Waals surface area (Å²) in [4.78, 5) is 39.3. The highest BCUT2D eigenvalue weighted by Gasteiger charge is 2.20. The molecule has 3 aromatic rings. The lowest BCUT2D eigenvalue weighted by Crippen LogP contribution is -2.39. The summed E-state index contributed by atoms with van der Waals surface area (Å²) in [5.41, 5.74) is -0.364. The van der Waals surface area contributed by atoms with Gasteiger partial charge in [0.1, 0.15) is 16.2 Å². The summed E-state index contributed by atoms with van der Waals surface area (Å²) >= 11 is 1.36. The Morgan fingerprint density at radius 2 is 1.87 bits per heavy atom. The van der Waals surface area contributed by atoms with E-state index in [1.54, 1.807) is 4.57 Å². The maximum absolute atomic E-state index is 12.9. The molecule has 0 N–H and O–H groups in total. The van der Waals surface area contributed by atoms with Crippen molar-refractivity contribution in [3.63, 3.8) is 0 Å². The first kappa shape index (κ1) is 22.2. The molecule has 0 aliphatic carbocycles. The van der Waals surface area contributed by atoms with Crippen LogP contribution in [-0.4, -0.2) is 29.2 Å². The van der Waals surface area contributed by atoms with Crippen LogP contribution in [0.1, 0.15) is 70.4 Å². The predicted molar refractivity (Wildman–Crippen MR) is 116 cm³/mol. The first-order valence-electron chi connectivity index (χ1n) is 10.3. The lowest BCUT2D eigenvalue weighted by atomic mass is 10.2. The second kappa shape index (κ2) is 9.55. The number of fused-ring (bicyclic) bond motifs is 1. The Labute approximate surface area is 178 Å². The lowest BCUT2D eigenvalue weighted by molar-refractivity contribution is 0.371. The molecule has 0 atom stereocenters. The van der Waals surface area contributed by atoms with E-state index in [9.17, 15) is 9.59 Å².